The van der Waals surface area contributed by atoms with Gasteiger partial charge in [-0.05, 0) is 94.3 Å². The highest BCUT2D eigenvalue weighted by Gasteiger charge is 2.41. The molecule has 3 unspecified atom stereocenters. The monoisotopic (exact) mass is 1040 g/mol. The van der Waals surface area contributed by atoms with Gasteiger partial charge < -0.3 is 52.9 Å². The summed E-state index contributed by atoms with van der Waals surface area (Å²) < 4.78 is 41.9. The molecule has 0 spiro atoms. The second kappa shape index (κ2) is 32.6. The maximum Gasteiger partial charge on any atom is 0.259 e. The summed E-state index contributed by atoms with van der Waals surface area (Å²) in [6, 6.07) is 27.3. The van der Waals surface area contributed by atoms with Gasteiger partial charge in [0.1, 0.15) is 29.2 Å². The first-order chi connectivity index (χ1) is 34.7. The predicted octanol–water partition coefficient (Wildman–Crippen LogP) is 7.94. The number of nitriles is 1. The average Bonchev–Trinajstić information content (AvgIpc) is 3.34. The molecular formula is C56H90N7O9P+2. The second-order valence-corrected chi connectivity index (χ2v) is 22.5. The van der Waals surface area contributed by atoms with Crippen molar-refractivity contribution >= 4 is 26.2 Å². The summed E-state index contributed by atoms with van der Waals surface area (Å²) in [7, 11) is 14.2. The molecule has 0 aliphatic carbocycles. The van der Waals surface area contributed by atoms with Gasteiger partial charge in [0.15, 0.2) is 0 Å². The van der Waals surface area contributed by atoms with Crippen LogP contribution in [0.1, 0.15) is 102 Å². The summed E-state index contributed by atoms with van der Waals surface area (Å²) in [5.41, 5.74) is 1.40. The zero-order valence-electron chi connectivity index (χ0n) is 46.2. The smallest absolute Gasteiger partial charge is 0.259 e. The van der Waals surface area contributed by atoms with Crippen molar-refractivity contribution in [1.82, 2.24) is 20.6 Å². The summed E-state index contributed by atoms with van der Waals surface area (Å²) in [6.07, 6.45) is 4.14. The van der Waals surface area contributed by atoms with Crippen LogP contribution in [0.2, 0.25) is 0 Å². The molecule has 0 aliphatic rings. The van der Waals surface area contributed by atoms with Gasteiger partial charge >= 0.3 is 0 Å². The van der Waals surface area contributed by atoms with Crippen molar-refractivity contribution < 1.29 is 51.3 Å². The van der Waals surface area contributed by atoms with Crippen LogP contribution in [0.25, 0.3) is 0 Å². The Morgan fingerprint density at radius 2 is 1.19 bits per heavy atom. The van der Waals surface area contributed by atoms with Crippen LogP contribution in [-0.4, -0.2) is 165 Å². The Kier molecular flexibility index (Phi) is 27.9. The molecule has 3 atom stereocenters. The van der Waals surface area contributed by atoms with Gasteiger partial charge in [0.25, 0.3) is 8.53 Å². The summed E-state index contributed by atoms with van der Waals surface area (Å²) >= 11 is 0. The zero-order valence-corrected chi connectivity index (χ0v) is 47.1. The zero-order chi connectivity index (χ0) is 53.9. The fourth-order valence-electron chi connectivity index (χ4n) is 8.33. The van der Waals surface area contributed by atoms with Crippen molar-refractivity contribution in [3.05, 3.63) is 95.6 Å². The number of ether oxygens (including phenoxy) is 4. The molecule has 3 amide bonds. The van der Waals surface area contributed by atoms with Gasteiger partial charge in [0, 0.05) is 57.5 Å². The Balaban J connectivity index is 1.85. The maximum absolute atomic E-state index is 13.7. The third-order valence-corrected chi connectivity index (χ3v) is 14.1. The first-order valence-corrected chi connectivity index (χ1v) is 27.1. The fraction of sp³-hybridized carbons (Fsp3) is 0.607. The van der Waals surface area contributed by atoms with E-state index in [2.05, 4.69) is 96.7 Å². The number of methoxy groups -OCH3 is 2. The third-order valence-electron chi connectivity index (χ3n) is 12.0. The molecule has 406 valence electrons. The minimum atomic E-state index is -1.62. The normalized spacial score (nSPS) is 13.3. The number of nitrogens with one attached hydrogen (secondary N) is 3. The molecule has 0 saturated heterocycles. The van der Waals surface area contributed by atoms with Crippen LogP contribution in [0, 0.1) is 11.3 Å². The highest BCUT2D eigenvalue weighted by molar-refractivity contribution is 7.44. The maximum atomic E-state index is 13.7. The van der Waals surface area contributed by atoms with E-state index in [0.29, 0.717) is 69.5 Å². The standard InChI is InChI=1S/C56H88N7O9P/c1-44(2)61(45(3)4)73(70-41-20-35-57)71-43-51(72-56(46-22-14-13-15-23-46,47-27-31-49(67-11)32-28-47)48-29-33-50(68-12)34-30-48)42-69-40-21-37-59-55(66)52(60-54(65)26-19-39-63(8,9)10)24-16-17-36-58-53(64)25-18-38-62(5,6)7/h13-15,22-23,27-34,44-45,51-52H,16-21,24-26,36-43H2,1-12H3,(H-2,58,59,60,64,65,66)/p+2. The van der Waals surface area contributed by atoms with Crippen LogP contribution in [0.4, 0.5) is 0 Å². The van der Waals surface area contributed by atoms with Gasteiger partial charge in [0.05, 0.1) is 102 Å². The Labute approximate surface area is 439 Å². The SMILES string of the molecule is COc1ccc(C(OC(COCCCNC(=O)C(CCCCNC(=O)CCC[N+](C)(C)C)NC(=O)CCC[N+](C)(C)C)COP(OCCC#N)N(C(C)C)C(C)C)(c2ccccc2)c2ccc(OC)cc2)cc1. The number of nitrogens with zero attached hydrogens (tertiary/aromatic N) is 4. The lowest BCUT2D eigenvalue weighted by Gasteiger charge is -2.40. The molecule has 16 nitrogen and oxygen atoms in total. The summed E-state index contributed by atoms with van der Waals surface area (Å²) in [6.45, 7) is 11.7. The largest absolute Gasteiger partial charge is 0.497 e. The summed E-state index contributed by atoms with van der Waals surface area (Å²) in [5, 5.41) is 18.4. The van der Waals surface area contributed by atoms with Gasteiger partial charge in [-0.25, -0.2) is 4.67 Å². The van der Waals surface area contributed by atoms with E-state index in [9.17, 15) is 19.6 Å². The number of hydrogen-bond acceptors (Lipinski definition) is 11. The number of quaternary nitrogens is 2. The molecule has 0 fully saturated rings. The lowest BCUT2D eigenvalue weighted by atomic mass is 9.79. The second-order valence-electron chi connectivity index (χ2n) is 21.0. The summed E-state index contributed by atoms with van der Waals surface area (Å²) in [4.78, 5) is 39.3. The number of hydrogen-bond donors (Lipinski definition) is 3. The van der Waals surface area contributed by atoms with Crippen LogP contribution in [0.5, 0.6) is 11.5 Å². The van der Waals surface area contributed by atoms with Gasteiger partial charge in [-0.15, -0.1) is 0 Å². The fourth-order valence-corrected chi connectivity index (χ4v) is 9.97. The molecule has 3 N–H and O–H groups in total. The van der Waals surface area contributed by atoms with E-state index in [4.69, 9.17) is 28.0 Å². The van der Waals surface area contributed by atoms with E-state index in [1.165, 1.54) is 0 Å². The van der Waals surface area contributed by atoms with Crippen molar-refractivity contribution in [3.8, 4) is 17.6 Å². The van der Waals surface area contributed by atoms with Crippen LogP contribution >= 0.6 is 8.53 Å². The lowest BCUT2D eigenvalue weighted by molar-refractivity contribution is -0.870. The van der Waals surface area contributed by atoms with Gasteiger partial charge in [0.2, 0.25) is 17.7 Å². The molecule has 73 heavy (non-hydrogen) atoms. The van der Waals surface area contributed by atoms with Gasteiger partial charge in [-0.2, -0.15) is 5.26 Å². The van der Waals surface area contributed by atoms with Crippen molar-refractivity contribution in [1.29, 1.82) is 5.26 Å². The highest BCUT2D eigenvalue weighted by Crippen LogP contribution is 2.47. The first kappa shape index (κ1) is 62.6. The lowest BCUT2D eigenvalue weighted by Crippen LogP contribution is -2.47. The number of benzene rings is 3. The average molecular weight is 1040 g/mol. The van der Waals surface area contributed by atoms with Crippen LogP contribution in [0.3, 0.4) is 0 Å². The van der Waals surface area contributed by atoms with Crippen LogP contribution in [0.15, 0.2) is 78.9 Å². The van der Waals surface area contributed by atoms with E-state index >= 15 is 0 Å². The van der Waals surface area contributed by atoms with E-state index in [1.807, 2.05) is 78.9 Å². The first-order valence-electron chi connectivity index (χ1n) is 26.0. The number of amides is 3. The molecular weight excluding hydrogens is 946 g/mol. The highest BCUT2D eigenvalue weighted by atomic mass is 31.2. The van der Waals surface area contributed by atoms with Crippen molar-refractivity contribution in [2.75, 3.05) is 109 Å². The molecule has 0 radical (unpaired) electrons. The number of carbonyl (C=O) groups is 3. The van der Waals surface area contributed by atoms with Gasteiger partial charge in [-0.3, -0.25) is 14.4 Å². The Hall–Kier alpha value is -4.69. The molecule has 3 rings (SSSR count). The summed E-state index contributed by atoms with van der Waals surface area (Å²) in [5.74, 6) is 1.02. The van der Waals surface area contributed by atoms with Crippen molar-refractivity contribution in [2.45, 2.75) is 115 Å². The molecule has 0 aliphatic heterocycles. The third kappa shape index (κ3) is 23.2. The Morgan fingerprint density at radius 1 is 0.658 bits per heavy atom. The minimum Gasteiger partial charge on any atom is -0.497 e. The Morgan fingerprint density at radius 3 is 1.71 bits per heavy atom. The Bertz CT molecular complexity index is 2020. The molecule has 17 heteroatoms. The van der Waals surface area contributed by atoms with Crippen LogP contribution in [-0.2, 0) is 38.5 Å². The molecule has 0 bridgehead atoms. The number of unbranched alkanes of at least 4 members (excludes halogenated alkanes) is 1. The topological polar surface area (TPSA) is 170 Å². The predicted molar refractivity (Wildman–Crippen MR) is 290 cm³/mol. The number of rotatable bonds is 37. The molecule has 3 aromatic carbocycles. The van der Waals surface area contributed by atoms with E-state index in [1.54, 1.807) is 14.2 Å². The van der Waals surface area contributed by atoms with E-state index in [0.717, 1.165) is 45.2 Å². The van der Waals surface area contributed by atoms with Crippen molar-refractivity contribution in [2.24, 2.45) is 0 Å². The molecule has 0 saturated carbocycles. The van der Waals surface area contributed by atoms with Crippen molar-refractivity contribution in [3.63, 3.8) is 0 Å². The van der Waals surface area contributed by atoms with Crippen LogP contribution < -0.4 is 25.4 Å². The van der Waals surface area contributed by atoms with E-state index < -0.39 is 26.3 Å². The molecule has 3 aromatic rings. The van der Waals surface area contributed by atoms with Gasteiger partial charge in [-0.1, -0.05) is 54.6 Å². The quantitative estimate of drug-likeness (QED) is 0.0222. The van der Waals surface area contributed by atoms with E-state index in [-0.39, 0.29) is 62.7 Å². The molecule has 0 heterocycles. The number of carbonyl (C=O) groups excluding carboxylic acids is 3. The molecule has 0 aromatic heterocycles. The minimum absolute atomic E-state index is 0.0286.